The molecular formula is C56H33N5S. The molecule has 0 saturated carbocycles. The predicted molar refractivity (Wildman–Crippen MR) is 259 cm³/mol. The number of aromatic nitrogens is 5. The highest BCUT2D eigenvalue weighted by atomic mass is 32.1. The van der Waals surface area contributed by atoms with Crippen LogP contribution in [0.1, 0.15) is 0 Å². The molecule has 0 aliphatic carbocycles. The largest absolute Gasteiger partial charge is 0.291 e. The molecule has 0 amide bonds. The summed E-state index contributed by atoms with van der Waals surface area (Å²) in [6.07, 6.45) is 0. The molecule has 288 valence electrons. The molecule has 0 bridgehead atoms. The van der Waals surface area contributed by atoms with Crippen molar-refractivity contribution in [2.45, 2.75) is 0 Å². The van der Waals surface area contributed by atoms with Gasteiger partial charge in [0.1, 0.15) is 0 Å². The Morgan fingerprint density at radius 1 is 0.323 bits per heavy atom. The van der Waals surface area contributed by atoms with Crippen LogP contribution in [0.25, 0.3) is 126 Å². The van der Waals surface area contributed by atoms with Gasteiger partial charge in [-0.05, 0) is 79.3 Å². The van der Waals surface area contributed by atoms with Crippen LogP contribution in [-0.2, 0) is 0 Å². The van der Waals surface area contributed by atoms with E-state index in [1.165, 1.54) is 58.1 Å². The van der Waals surface area contributed by atoms with Crippen LogP contribution in [0.15, 0.2) is 200 Å². The second kappa shape index (κ2) is 13.7. The van der Waals surface area contributed by atoms with Crippen molar-refractivity contribution in [2.24, 2.45) is 0 Å². The number of nitrogens with zero attached hydrogens (tertiary/aromatic N) is 5. The molecule has 0 aliphatic heterocycles. The zero-order valence-electron chi connectivity index (χ0n) is 33.2. The standard InChI is InChI=1S/C56H33N5S/c1-3-11-34(12-4-1)35-19-23-39(24-20-35)54-58-53(38-14-5-2-6-15-38)59-55(60-54)40-25-21-37(22-26-40)49-33-47-46-28-27-36-13-9-10-18-45(36)51(46)62-52(47)56-57-48-31-43-29-41-16-7-8-17-42(41)30-44(43)32-50(48)61(49)56/h1-33H. The molecule has 0 fully saturated rings. The van der Waals surface area contributed by atoms with Crippen LogP contribution in [-0.4, -0.2) is 24.3 Å². The van der Waals surface area contributed by atoms with Gasteiger partial charge in [-0.15, -0.1) is 11.3 Å². The Balaban J connectivity index is 0.995. The van der Waals surface area contributed by atoms with E-state index in [1.807, 2.05) is 47.7 Å². The maximum atomic E-state index is 5.45. The summed E-state index contributed by atoms with van der Waals surface area (Å²) in [4.78, 5) is 20.6. The molecule has 0 spiro atoms. The van der Waals surface area contributed by atoms with Crippen molar-refractivity contribution < 1.29 is 0 Å². The van der Waals surface area contributed by atoms with Crippen molar-refractivity contribution in [1.29, 1.82) is 0 Å². The van der Waals surface area contributed by atoms with E-state index in [0.717, 1.165) is 50.2 Å². The summed E-state index contributed by atoms with van der Waals surface area (Å²) in [6, 6.07) is 70.9. The van der Waals surface area contributed by atoms with E-state index < -0.39 is 0 Å². The fraction of sp³-hybridized carbons (Fsp3) is 0. The zero-order valence-corrected chi connectivity index (χ0v) is 34.0. The van der Waals surface area contributed by atoms with Gasteiger partial charge in [-0.2, -0.15) is 0 Å². The Morgan fingerprint density at radius 2 is 0.839 bits per heavy atom. The minimum Gasteiger partial charge on any atom is -0.291 e. The van der Waals surface area contributed by atoms with E-state index in [1.54, 1.807) is 0 Å². The first kappa shape index (κ1) is 34.8. The van der Waals surface area contributed by atoms with Gasteiger partial charge in [0.25, 0.3) is 0 Å². The Kier molecular flexibility index (Phi) is 7.71. The average molecular weight is 808 g/mol. The van der Waals surface area contributed by atoms with Crippen LogP contribution in [0, 0.1) is 0 Å². The van der Waals surface area contributed by atoms with E-state index in [9.17, 15) is 0 Å². The van der Waals surface area contributed by atoms with Crippen LogP contribution in [0.2, 0.25) is 0 Å². The van der Waals surface area contributed by atoms with E-state index in [0.29, 0.717) is 17.5 Å². The molecule has 0 N–H and O–H groups in total. The van der Waals surface area contributed by atoms with Gasteiger partial charge in [-0.25, -0.2) is 19.9 Å². The molecular weight excluding hydrogens is 775 g/mol. The van der Waals surface area contributed by atoms with Crippen molar-refractivity contribution in [2.75, 3.05) is 0 Å². The van der Waals surface area contributed by atoms with E-state index in [2.05, 4.69) is 168 Å². The third-order valence-electron chi connectivity index (χ3n) is 12.2. The molecule has 0 atom stereocenters. The fourth-order valence-corrected chi connectivity index (χ4v) is 10.4. The van der Waals surface area contributed by atoms with E-state index >= 15 is 0 Å². The Bertz CT molecular complexity index is 3890. The predicted octanol–water partition coefficient (Wildman–Crippen LogP) is 14.8. The van der Waals surface area contributed by atoms with Crippen molar-refractivity contribution in [3.8, 4) is 56.5 Å². The number of thiophene rings is 1. The summed E-state index contributed by atoms with van der Waals surface area (Å²) >= 11 is 1.84. The minimum atomic E-state index is 0.621. The summed E-state index contributed by atoms with van der Waals surface area (Å²) in [6.45, 7) is 0. The van der Waals surface area contributed by atoms with Crippen molar-refractivity contribution in [3.05, 3.63) is 200 Å². The lowest BCUT2D eigenvalue weighted by atomic mass is 10.0. The molecule has 62 heavy (non-hydrogen) atoms. The highest BCUT2D eigenvalue weighted by molar-refractivity contribution is 7.27. The molecule has 9 aromatic carbocycles. The number of hydrogen-bond acceptors (Lipinski definition) is 5. The SMILES string of the molecule is c1ccc(-c2ccc(-c3nc(-c4ccccc4)nc(-c4ccc(-c5cc6c7ccc8ccccc8c7sc6c6nc7cc8cc9ccccc9cc8cc7n56)cc4)n3)cc2)cc1. The lowest BCUT2D eigenvalue weighted by Crippen LogP contribution is -2.00. The van der Waals surface area contributed by atoms with Gasteiger partial charge < -0.3 is 0 Å². The molecule has 6 heteroatoms. The number of hydrogen-bond donors (Lipinski definition) is 0. The van der Waals surface area contributed by atoms with Crippen LogP contribution < -0.4 is 0 Å². The Hall–Kier alpha value is -8.06. The molecule has 0 unspecified atom stereocenters. The van der Waals surface area contributed by atoms with Crippen LogP contribution in [0.5, 0.6) is 0 Å². The number of rotatable bonds is 5. The fourth-order valence-electron chi connectivity index (χ4n) is 9.06. The minimum absolute atomic E-state index is 0.621. The Labute approximate surface area is 359 Å². The van der Waals surface area contributed by atoms with Crippen molar-refractivity contribution in [1.82, 2.24) is 24.3 Å². The zero-order chi connectivity index (χ0) is 40.7. The molecule has 13 rings (SSSR count). The number of fused-ring (bicyclic) bond motifs is 11. The van der Waals surface area contributed by atoms with Gasteiger partial charge >= 0.3 is 0 Å². The first-order valence-corrected chi connectivity index (χ1v) is 21.6. The third kappa shape index (κ3) is 5.61. The second-order valence-corrected chi connectivity index (χ2v) is 16.9. The average Bonchev–Trinajstić information content (AvgIpc) is 3.91. The van der Waals surface area contributed by atoms with E-state index in [-0.39, 0.29) is 0 Å². The van der Waals surface area contributed by atoms with Gasteiger partial charge in [0, 0.05) is 32.2 Å². The maximum absolute atomic E-state index is 5.45. The van der Waals surface area contributed by atoms with E-state index in [4.69, 9.17) is 19.9 Å². The molecule has 0 saturated heterocycles. The number of pyridine rings is 1. The molecule has 0 aliphatic rings. The first-order chi connectivity index (χ1) is 30.7. The lowest BCUT2D eigenvalue weighted by Gasteiger charge is -2.11. The van der Waals surface area contributed by atoms with Gasteiger partial charge in [0.15, 0.2) is 23.1 Å². The molecule has 4 heterocycles. The topological polar surface area (TPSA) is 56.0 Å². The van der Waals surface area contributed by atoms with Crippen molar-refractivity contribution in [3.63, 3.8) is 0 Å². The smallest absolute Gasteiger partial charge is 0.164 e. The highest BCUT2D eigenvalue weighted by Crippen LogP contribution is 2.44. The summed E-state index contributed by atoms with van der Waals surface area (Å²) in [5, 5.41) is 9.79. The lowest BCUT2D eigenvalue weighted by molar-refractivity contribution is 1.07. The van der Waals surface area contributed by atoms with Crippen LogP contribution in [0.4, 0.5) is 0 Å². The molecule has 13 aromatic rings. The normalized spacial score (nSPS) is 11.9. The molecule has 0 radical (unpaired) electrons. The first-order valence-electron chi connectivity index (χ1n) is 20.8. The van der Waals surface area contributed by atoms with Crippen LogP contribution in [0.3, 0.4) is 0 Å². The van der Waals surface area contributed by atoms with Crippen molar-refractivity contribution >= 4 is 80.5 Å². The van der Waals surface area contributed by atoms with Gasteiger partial charge in [0.2, 0.25) is 0 Å². The van der Waals surface area contributed by atoms with Crippen LogP contribution >= 0.6 is 11.3 Å². The molecule has 5 nitrogen and oxygen atoms in total. The van der Waals surface area contributed by atoms with Gasteiger partial charge in [0.05, 0.1) is 21.4 Å². The third-order valence-corrected chi connectivity index (χ3v) is 13.4. The number of imidazole rings is 1. The Morgan fingerprint density at radius 3 is 1.50 bits per heavy atom. The monoisotopic (exact) mass is 807 g/mol. The van der Waals surface area contributed by atoms with Gasteiger partial charge in [-0.1, -0.05) is 170 Å². The summed E-state index contributed by atoms with van der Waals surface area (Å²) < 4.78 is 4.84. The molecule has 4 aromatic heterocycles. The van der Waals surface area contributed by atoms with Gasteiger partial charge in [-0.3, -0.25) is 4.40 Å². The quantitative estimate of drug-likeness (QED) is 0.163. The summed E-state index contributed by atoms with van der Waals surface area (Å²) in [7, 11) is 0. The number of benzene rings is 9. The maximum Gasteiger partial charge on any atom is 0.164 e. The highest BCUT2D eigenvalue weighted by Gasteiger charge is 2.20. The second-order valence-electron chi connectivity index (χ2n) is 15.9. The summed E-state index contributed by atoms with van der Waals surface area (Å²) in [5.41, 5.74) is 10.3. The summed E-state index contributed by atoms with van der Waals surface area (Å²) in [5.74, 6) is 1.89.